The molecule has 0 aliphatic carbocycles. The van der Waals surface area contributed by atoms with E-state index < -0.39 is 8.07 Å². The molecule has 3 nitrogen and oxygen atoms in total. The van der Waals surface area contributed by atoms with Crippen molar-refractivity contribution in [1.82, 2.24) is 13.7 Å². The fraction of sp³-hybridized carbons (Fsp3) is 0. The molecule has 0 aliphatic heterocycles. The Kier molecular flexibility index (Phi) is 9.23. The first-order valence-corrected chi connectivity index (χ1v) is 26.2. The lowest BCUT2D eigenvalue weighted by Gasteiger charge is -2.35. The molecule has 0 aliphatic rings. The summed E-state index contributed by atoms with van der Waals surface area (Å²) in [4.78, 5) is 0. The highest BCUT2D eigenvalue weighted by Crippen LogP contribution is 2.42. The van der Waals surface area contributed by atoms with Crippen LogP contribution in [-0.4, -0.2) is 21.8 Å². The van der Waals surface area contributed by atoms with Crippen LogP contribution in [0.1, 0.15) is 0 Å². The summed E-state index contributed by atoms with van der Waals surface area (Å²) in [5.74, 6) is 0. The van der Waals surface area contributed by atoms with Gasteiger partial charge in [0.25, 0.3) is 0 Å². The molecule has 328 valence electrons. The molecule has 3 heterocycles. The molecule has 0 unspecified atom stereocenters. The molecule has 70 heavy (non-hydrogen) atoms. The minimum absolute atomic E-state index is 1.11. The van der Waals surface area contributed by atoms with E-state index in [-0.39, 0.29) is 0 Å². The second-order valence-corrected chi connectivity index (χ2v) is 22.2. The van der Waals surface area contributed by atoms with E-state index in [1.54, 1.807) is 0 Å². The first-order valence-electron chi connectivity index (χ1n) is 24.2. The maximum absolute atomic E-state index is 2.99. The van der Waals surface area contributed by atoms with E-state index in [0.29, 0.717) is 0 Å². The Morgan fingerprint density at radius 3 is 1.26 bits per heavy atom. The Bertz CT molecular complexity index is 4130. The highest BCUT2D eigenvalue weighted by molar-refractivity contribution is 7.20. The van der Waals surface area contributed by atoms with Crippen molar-refractivity contribution < 1.29 is 0 Å². The second kappa shape index (κ2) is 16.1. The van der Waals surface area contributed by atoms with Gasteiger partial charge < -0.3 is 13.7 Å². The lowest BCUT2D eigenvalue weighted by atomic mass is 10.1. The van der Waals surface area contributed by atoms with Crippen molar-refractivity contribution >= 4 is 94.2 Å². The van der Waals surface area contributed by atoms with Gasteiger partial charge in [0, 0.05) is 43.7 Å². The summed E-state index contributed by atoms with van der Waals surface area (Å²) >= 11 is 0. The van der Waals surface area contributed by atoms with Crippen LogP contribution in [0, 0.1) is 0 Å². The number of hydrogen-bond acceptors (Lipinski definition) is 0. The zero-order valence-corrected chi connectivity index (χ0v) is 39.3. The predicted molar refractivity (Wildman–Crippen MR) is 299 cm³/mol. The van der Waals surface area contributed by atoms with E-state index in [1.807, 2.05) is 0 Å². The number of para-hydroxylation sites is 5. The fourth-order valence-corrected chi connectivity index (χ4v) is 16.8. The minimum Gasteiger partial charge on any atom is -0.309 e. The lowest BCUT2D eigenvalue weighted by Crippen LogP contribution is -2.75. The van der Waals surface area contributed by atoms with Gasteiger partial charge in [-0.3, -0.25) is 0 Å². The number of fused-ring (bicyclic) bond motifs is 9. The average molecular weight is 908 g/mol. The fourth-order valence-electron chi connectivity index (χ4n) is 11.9. The quantitative estimate of drug-likeness (QED) is 0.107. The molecule has 0 fully saturated rings. The Hall–Kier alpha value is -8.96. The number of benzene rings is 11. The topological polar surface area (TPSA) is 14.8 Å². The van der Waals surface area contributed by atoms with Crippen LogP contribution in [0.4, 0.5) is 0 Å². The normalized spacial score (nSPS) is 12.0. The van der Waals surface area contributed by atoms with E-state index in [2.05, 4.69) is 287 Å². The molecule has 0 spiro atoms. The maximum Gasteiger partial charge on any atom is 0.181 e. The van der Waals surface area contributed by atoms with Crippen LogP contribution in [0.2, 0.25) is 0 Å². The smallest absolute Gasteiger partial charge is 0.181 e. The highest BCUT2D eigenvalue weighted by atomic mass is 28.3. The number of aromatic nitrogens is 3. The SMILES string of the molecule is c1ccc(-c2cccc(-n3c4cc(-n5c6ccccc6c6cccc([Si](c7ccccc7)(c7ccccc7)c7ccccc7)c65)ccc4c4cccc(-n5c6ccccc6c6ccccc65)c43)c2)cc1. The van der Waals surface area contributed by atoms with Crippen LogP contribution in [0.5, 0.6) is 0 Å². The zero-order chi connectivity index (χ0) is 46.2. The van der Waals surface area contributed by atoms with Gasteiger partial charge in [-0.05, 0) is 80.4 Å². The maximum atomic E-state index is 2.58. The van der Waals surface area contributed by atoms with E-state index >= 15 is 0 Å². The van der Waals surface area contributed by atoms with Crippen LogP contribution >= 0.6 is 0 Å². The van der Waals surface area contributed by atoms with Crippen LogP contribution in [0.3, 0.4) is 0 Å². The van der Waals surface area contributed by atoms with E-state index in [1.165, 1.54) is 86.3 Å². The van der Waals surface area contributed by atoms with Gasteiger partial charge in [0.05, 0.1) is 38.8 Å². The van der Waals surface area contributed by atoms with Gasteiger partial charge in [-0.1, -0.05) is 224 Å². The molecule has 4 heteroatoms. The van der Waals surface area contributed by atoms with Crippen molar-refractivity contribution in [2.24, 2.45) is 0 Å². The van der Waals surface area contributed by atoms with Crippen molar-refractivity contribution in [1.29, 1.82) is 0 Å². The molecule has 0 bridgehead atoms. The molecule has 11 aromatic carbocycles. The second-order valence-electron chi connectivity index (χ2n) is 18.4. The monoisotopic (exact) mass is 907 g/mol. The summed E-state index contributed by atoms with van der Waals surface area (Å²) in [6.07, 6.45) is 0. The molecule has 0 saturated carbocycles. The molecule has 0 N–H and O–H groups in total. The third-order valence-electron chi connectivity index (χ3n) is 14.8. The molecule has 14 aromatic rings. The Morgan fingerprint density at radius 2 is 0.657 bits per heavy atom. The molecule has 0 saturated heterocycles. The summed E-state index contributed by atoms with van der Waals surface area (Å²) in [6.45, 7) is 0. The van der Waals surface area contributed by atoms with Gasteiger partial charge in [0.2, 0.25) is 0 Å². The largest absolute Gasteiger partial charge is 0.309 e. The molecule has 14 rings (SSSR count). The Balaban J connectivity index is 1.12. The van der Waals surface area contributed by atoms with Gasteiger partial charge in [-0.15, -0.1) is 0 Å². The van der Waals surface area contributed by atoms with Gasteiger partial charge in [-0.2, -0.15) is 0 Å². The Labute approximate surface area is 407 Å². The van der Waals surface area contributed by atoms with Crippen LogP contribution in [0.15, 0.2) is 273 Å². The van der Waals surface area contributed by atoms with Crippen molar-refractivity contribution in [3.05, 3.63) is 273 Å². The summed E-state index contributed by atoms with van der Waals surface area (Å²) in [7, 11) is -2.99. The number of nitrogens with zero attached hydrogens (tertiary/aromatic N) is 3. The highest BCUT2D eigenvalue weighted by Gasteiger charge is 2.43. The number of hydrogen-bond donors (Lipinski definition) is 0. The standard InChI is InChI=1S/C66H45N3Si/c1-5-22-46(23-6-1)47-24-19-25-48(44-47)68-63-45-49(42-43-56(63)57-35-20-40-62(65(57)68)69-60-38-17-13-32-53(60)54-33-14-18-39-61(54)69)67-59-37-16-15-34-55(59)58-36-21-41-64(66(58)67)70(50-26-7-2-8-27-50,51-28-9-3-10-29-51)52-30-11-4-12-31-52/h1-45H. The van der Waals surface area contributed by atoms with Gasteiger partial charge in [0.1, 0.15) is 0 Å². The third kappa shape index (κ3) is 5.94. The van der Waals surface area contributed by atoms with Crippen LogP contribution in [0.25, 0.3) is 93.6 Å². The van der Waals surface area contributed by atoms with Gasteiger partial charge >= 0.3 is 0 Å². The van der Waals surface area contributed by atoms with E-state index in [0.717, 1.165) is 28.1 Å². The third-order valence-corrected chi connectivity index (χ3v) is 19.6. The molecule has 0 amide bonds. The molecular weight excluding hydrogens is 863 g/mol. The zero-order valence-electron chi connectivity index (χ0n) is 38.3. The molecule has 0 radical (unpaired) electrons. The average Bonchev–Trinajstić information content (AvgIpc) is 4.09. The molecule has 3 aromatic heterocycles. The van der Waals surface area contributed by atoms with Gasteiger partial charge in [0.15, 0.2) is 8.07 Å². The van der Waals surface area contributed by atoms with Crippen molar-refractivity contribution in [3.63, 3.8) is 0 Å². The van der Waals surface area contributed by atoms with Crippen LogP contribution < -0.4 is 20.7 Å². The first-order chi connectivity index (χ1) is 34.8. The number of rotatable bonds is 8. The van der Waals surface area contributed by atoms with Crippen molar-refractivity contribution in [2.75, 3.05) is 0 Å². The first kappa shape index (κ1) is 40.1. The van der Waals surface area contributed by atoms with Crippen molar-refractivity contribution in [2.45, 2.75) is 0 Å². The van der Waals surface area contributed by atoms with E-state index in [4.69, 9.17) is 0 Å². The van der Waals surface area contributed by atoms with Gasteiger partial charge in [-0.25, -0.2) is 0 Å². The van der Waals surface area contributed by atoms with Crippen LogP contribution in [-0.2, 0) is 0 Å². The molecule has 0 atom stereocenters. The summed E-state index contributed by atoms with van der Waals surface area (Å²) in [6, 6.07) is 101. The summed E-state index contributed by atoms with van der Waals surface area (Å²) in [5, 5.41) is 12.8. The predicted octanol–water partition coefficient (Wildman–Crippen LogP) is 14.0. The van der Waals surface area contributed by atoms with E-state index in [9.17, 15) is 0 Å². The van der Waals surface area contributed by atoms with Crippen molar-refractivity contribution in [3.8, 4) is 28.2 Å². The lowest BCUT2D eigenvalue weighted by molar-refractivity contribution is 1.12. The Morgan fingerprint density at radius 1 is 0.243 bits per heavy atom. The summed E-state index contributed by atoms with van der Waals surface area (Å²) < 4.78 is 7.59. The minimum atomic E-state index is -2.99. The summed E-state index contributed by atoms with van der Waals surface area (Å²) in [5.41, 5.74) is 12.8. The molecular formula is C66H45N3Si.